The van der Waals surface area contributed by atoms with Crippen molar-refractivity contribution >= 4 is 17.3 Å². The molecule has 0 saturated heterocycles. The molecule has 0 aliphatic heterocycles. The molecule has 1 rings (SSSR count). The molecule has 0 aliphatic rings. The summed E-state index contributed by atoms with van der Waals surface area (Å²) in [6.45, 7) is 0.262. The standard InChI is InChI=1S/C9H13ClN4/c10-8-3-1-2-4-9(8)14(13)6-7(12)5-11/h1-4,6H,5,11-13H2/b7-6-. The Morgan fingerprint density at radius 2 is 2.07 bits per heavy atom. The third-order valence-electron chi connectivity index (χ3n) is 1.67. The van der Waals surface area contributed by atoms with Gasteiger partial charge in [-0.25, -0.2) is 5.84 Å². The Kier molecular flexibility index (Phi) is 3.76. The van der Waals surface area contributed by atoms with Crippen LogP contribution in [0.5, 0.6) is 0 Å². The molecule has 0 fully saturated rings. The van der Waals surface area contributed by atoms with Gasteiger partial charge in [-0.1, -0.05) is 23.7 Å². The maximum absolute atomic E-state index is 5.92. The van der Waals surface area contributed by atoms with E-state index in [4.69, 9.17) is 28.9 Å². The number of nitrogens with two attached hydrogens (primary N) is 3. The smallest absolute Gasteiger partial charge is 0.0755 e. The zero-order valence-corrected chi connectivity index (χ0v) is 8.41. The van der Waals surface area contributed by atoms with Crippen molar-refractivity contribution in [3.63, 3.8) is 0 Å². The molecule has 0 bridgehead atoms. The van der Waals surface area contributed by atoms with E-state index in [0.29, 0.717) is 16.4 Å². The molecule has 14 heavy (non-hydrogen) atoms. The first kappa shape index (κ1) is 10.8. The summed E-state index contributed by atoms with van der Waals surface area (Å²) >= 11 is 5.92. The molecule has 0 unspecified atom stereocenters. The van der Waals surface area contributed by atoms with Crippen molar-refractivity contribution < 1.29 is 0 Å². The first-order valence-corrected chi connectivity index (χ1v) is 4.47. The van der Waals surface area contributed by atoms with Gasteiger partial charge in [0.1, 0.15) is 0 Å². The lowest BCUT2D eigenvalue weighted by Gasteiger charge is -2.15. The predicted molar refractivity (Wildman–Crippen MR) is 59.4 cm³/mol. The highest BCUT2D eigenvalue weighted by molar-refractivity contribution is 6.33. The molecular weight excluding hydrogens is 200 g/mol. The molecule has 1 aromatic rings. The maximum Gasteiger partial charge on any atom is 0.0755 e. The van der Waals surface area contributed by atoms with Crippen LogP contribution in [0.2, 0.25) is 5.02 Å². The lowest BCUT2D eigenvalue weighted by atomic mass is 10.3. The average Bonchev–Trinajstić information content (AvgIpc) is 2.18. The highest BCUT2D eigenvalue weighted by atomic mass is 35.5. The first-order chi connectivity index (χ1) is 6.65. The lowest BCUT2D eigenvalue weighted by Crippen LogP contribution is -2.27. The summed E-state index contributed by atoms with van der Waals surface area (Å²) in [5, 5.41) is 1.92. The molecule has 0 aromatic heterocycles. The van der Waals surface area contributed by atoms with Gasteiger partial charge in [0.2, 0.25) is 0 Å². The fourth-order valence-corrected chi connectivity index (χ4v) is 1.20. The number of rotatable bonds is 3. The molecule has 76 valence electrons. The summed E-state index contributed by atoms with van der Waals surface area (Å²) in [5.41, 5.74) is 12.0. The van der Waals surface area contributed by atoms with Crippen molar-refractivity contribution in [2.45, 2.75) is 0 Å². The number of anilines is 1. The largest absolute Gasteiger partial charge is 0.400 e. The van der Waals surface area contributed by atoms with Crippen LogP contribution < -0.4 is 22.3 Å². The molecule has 1 aromatic carbocycles. The second-order valence-corrected chi connectivity index (χ2v) is 3.17. The van der Waals surface area contributed by atoms with Crippen LogP contribution in [0.15, 0.2) is 36.2 Å². The Balaban J connectivity index is 2.90. The van der Waals surface area contributed by atoms with Gasteiger partial charge < -0.3 is 11.5 Å². The second kappa shape index (κ2) is 4.85. The Bertz CT molecular complexity index is 337. The molecular formula is C9H13ClN4. The topological polar surface area (TPSA) is 81.3 Å². The number of hydrogen-bond donors (Lipinski definition) is 3. The van der Waals surface area contributed by atoms with Crippen LogP contribution in [0.3, 0.4) is 0 Å². The van der Waals surface area contributed by atoms with E-state index in [-0.39, 0.29) is 6.54 Å². The van der Waals surface area contributed by atoms with Crippen LogP contribution in [-0.2, 0) is 0 Å². The van der Waals surface area contributed by atoms with E-state index in [1.165, 1.54) is 5.01 Å². The number of halogens is 1. The molecule has 0 spiro atoms. The minimum atomic E-state index is 0.262. The van der Waals surface area contributed by atoms with E-state index in [1.54, 1.807) is 18.3 Å². The van der Waals surface area contributed by atoms with Crippen LogP contribution in [-0.4, -0.2) is 6.54 Å². The van der Waals surface area contributed by atoms with E-state index in [2.05, 4.69) is 0 Å². The van der Waals surface area contributed by atoms with Gasteiger partial charge in [0.25, 0.3) is 0 Å². The van der Waals surface area contributed by atoms with Gasteiger partial charge in [0.05, 0.1) is 10.7 Å². The van der Waals surface area contributed by atoms with E-state index in [9.17, 15) is 0 Å². The van der Waals surface area contributed by atoms with Crippen LogP contribution in [0.4, 0.5) is 5.69 Å². The monoisotopic (exact) mass is 212 g/mol. The normalized spacial score (nSPS) is 11.5. The third kappa shape index (κ3) is 2.63. The highest BCUT2D eigenvalue weighted by Gasteiger charge is 2.02. The lowest BCUT2D eigenvalue weighted by molar-refractivity contribution is 1.01. The van der Waals surface area contributed by atoms with Gasteiger partial charge >= 0.3 is 0 Å². The Morgan fingerprint density at radius 1 is 1.43 bits per heavy atom. The van der Waals surface area contributed by atoms with Crippen LogP contribution >= 0.6 is 11.6 Å². The van der Waals surface area contributed by atoms with Gasteiger partial charge in [0, 0.05) is 18.4 Å². The summed E-state index contributed by atoms with van der Waals surface area (Å²) in [7, 11) is 0. The van der Waals surface area contributed by atoms with Crippen LogP contribution in [0.1, 0.15) is 0 Å². The van der Waals surface area contributed by atoms with Gasteiger partial charge in [-0.2, -0.15) is 0 Å². The molecule has 5 heteroatoms. The van der Waals surface area contributed by atoms with Gasteiger partial charge in [0.15, 0.2) is 0 Å². The number of nitrogens with zero attached hydrogens (tertiary/aromatic N) is 1. The molecule has 0 amide bonds. The SMILES string of the molecule is NC/C(N)=C/N(N)c1ccccc1Cl. The van der Waals surface area contributed by atoms with Crippen molar-refractivity contribution in [3.8, 4) is 0 Å². The van der Waals surface area contributed by atoms with Crippen molar-refractivity contribution in [1.29, 1.82) is 0 Å². The van der Waals surface area contributed by atoms with Crippen LogP contribution in [0, 0.1) is 0 Å². The number of benzene rings is 1. The zero-order valence-electron chi connectivity index (χ0n) is 7.65. The Labute approximate surface area is 87.9 Å². The van der Waals surface area contributed by atoms with Crippen molar-refractivity contribution in [1.82, 2.24) is 0 Å². The third-order valence-corrected chi connectivity index (χ3v) is 1.99. The van der Waals surface area contributed by atoms with Gasteiger partial charge in [-0.05, 0) is 12.1 Å². The molecule has 0 heterocycles. The maximum atomic E-state index is 5.92. The van der Waals surface area contributed by atoms with Crippen molar-refractivity contribution in [2.75, 3.05) is 11.6 Å². The minimum Gasteiger partial charge on any atom is -0.400 e. The summed E-state index contributed by atoms with van der Waals surface area (Å²) in [5.74, 6) is 5.71. The molecule has 0 saturated carbocycles. The van der Waals surface area contributed by atoms with E-state index < -0.39 is 0 Å². The second-order valence-electron chi connectivity index (χ2n) is 2.77. The van der Waals surface area contributed by atoms with E-state index >= 15 is 0 Å². The minimum absolute atomic E-state index is 0.262. The molecule has 0 radical (unpaired) electrons. The number of hydrazine groups is 1. The highest BCUT2D eigenvalue weighted by Crippen LogP contribution is 2.23. The summed E-state index contributed by atoms with van der Waals surface area (Å²) in [4.78, 5) is 0. The molecule has 0 atom stereocenters. The number of hydrogen-bond acceptors (Lipinski definition) is 4. The molecule has 0 aliphatic carbocycles. The molecule has 6 N–H and O–H groups in total. The predicted octanol–water partition coefficient (Wildman–Crippen LogP) is 0.779. The average molecular weight is 213 g/mol. The fourth-order valence-electron chi connectivity index (χ4n) is 0.962. The van der Waals surface area contributed by atoms with E-state index in [0.717, 1.165) is 0 Å². The Hall–Kier alpha value is -1.23. The summed E-state index contributed by atoms with van der Waals surface area (Å²) < 4.78 is 0. The van der Waals surface area contributed by atoms with Crippen LogP contribution in [0.25, 0.3) is 0 Å². The van der Waals surface area contributed by atoms with Crippen molar-refractivity contribution in [3.05, 3.63) is 41.2 Å². The quantitative estimate of drug-likeness (QED) is 0.511. The molecule has 4 nitrogen and oxygen atoms in total. The summed E-state index contributed by atoms with van der Waals surface area (Å²) in [6, 6.07) is 7.22. The van der Waals surface area contributed by atoms with Crippen molar-refractivity contribution in [2.24, 2.45) is 17.3 Å². The Morgan fingerprint density at radius 3 is 2.64 bits per heavy atom. The van der Waals surface area contributed by atoms with E-state index in [1.807, 2.05) is 12.1 Å². The fraction of sp³-hybridized carbons (Fsp3) is 0.111. The zero-order chi connectivity index (χ0) is 10.6. The summed E-state index contributed by atoms with van der Waals surface area (Å²) in [6.07, 6.45) is 1.54. The van der Waals surface area contributed by atoms with Gasteiger partial charge in [-0.15, -0.1) is 0 Å². The first-order valence-electron chi connectivity index (χ1n) is 4.10. The number of para-hydroxylation sites is 1. The van der Waals surface area contributed by atoms with Gasteiger partial charge in [-0.3, -0.25) is 5.01 Å².